The quantitative estimate of drug-likeness (QED) is 0.243. The third-order valence-corrected chi connectivity index (χ3v) is 11.3. The van der Waals surface area contributed by atoms with Gasteiger partial charge in [0.25, 0.3) is 0 Å². The summed E-state index contributed by atoms with van der Waals surface area (Å²) in [5.74, 6) is 1.20. The summed E-state index contributed by atoms with van der Waals surface area (Å²) in [5.41, 5.74) is 6.22. The number of carbonyl (C=O) groups is 2. The van der Waals surface area contributed by atoms with E-state index in [2.05, 4.69) is 134 Å². The van der Waals surface area contributed by atoms with Crippen molar-refractivity contribution in [1.29, 1.82) is 0 Å². The lowest BCUT2D eigenvalue weighted by molar-refractivity contribution is -0.146. The molecular weight excluding hydrogens is 582 g/mol. The highest BCUT2D eigenvalue weighted by Crippen LogP contribution is 2.49. The predicted molar refractivity (Wildman–Crippen MR) is 198 cm³/mol. The van der Waals surface area contributed by atoms with Crippen LogP contribution in [0.2, 0.25) is 0 Å². The first-order valence-electron chi connectivity index (χ1n) is 18.4. The Balaban J connectivity index is 0.00000294. The van der Waals surface area contributed by atoms with Crippen LogP contribution >= 0.6 is 0 Å². The van der Waals surface area contributed by atoms with Crippen LogP contribution in [0.4, 0.5) is 5.69 Å². The van der Waals surface area contributed by atoms with E-state index < -0.39 is 5.54 Å². The number of nitrogens with one attached hydrogen (secondary N) is 3. The van der Waals surface area contributed by atoms with E-state index in [0.717, 1.165) is 45.1 Å². The normalized spacial score (nSPS) is 28.3. The Morgan fingerprint density at radius 2 is 1.66 bits per heavy atom. The van der Waals surface area contributed by atoms with Gasteiger partial charge in [-0.25, -0.2) is 0 Å². The molecule has 3 heterocycles. The molecule has 268 valence electrons. The molecule has 0 aromatic heterocycles. The lowest BCUT2D eigenvalue weighted by atomic mass is 9.61. The first-order chi connectivity index (χ1) is 21.7. The SMILES string of the molecule is CCC(C)CC(C)(C)CNC(=O)C1CC(C)(C)CC(C)(C)CN(C(=O)C2CC3c4ccccc4NC3CN2)C(C)(C)CC1(C)C.CN. The molecule has 47 heavy (non-hydrogen) atoms. The average molecular weight is 654 g/mol. The highest BCUT2D eigenvalue weighted by molar-refractivity contribution is 5.83. The van der Waals surface area contributed by atoms with Crippen molar-refractivity contribution in [3.05, 3.63) is 29.8 Å². The van der Waals surface area contributed by atoms with Crippen LogP contribution in [0.15, 0.2) is 24.3 Å². The van der Waals surface area contributed by atoms with E-state index in [1.54, 1.807) is 0 Å². The fourth-order valence-corrected chi connectivity index (χ4v) is 9.60. The molecule has 4 rings (SSSR count). The number of nitrogens with two attached hydrogens (primary N) is 1. The molecule has 0 spiro atoms. The number of piperidine rings is 1. The summed E-state index contributed by atoms with van der Waals surface area (Å²) in [7, 11) is 1.50. The van der Waals surface area contributed by atoms with Gasteiger partial charge < -0.3 is 26.6 Å². The lowest BCUT2D eigenvalue weighted by Gasteiger charge is -2.52. The standard InChI is InChI=1S/C39H66N4O2.CH5N/c1-13-26(2)19-36(5,6)24-41-33(44)29-20-35(3,4)22-37(7,8)25-43(39(11,12)23-38(29,9)10)34(45)31-18-28-27-16-14-15-17-30(27)42-32(28)21-40-31;1-2/h14-17,26,28-29,31-32,40,42H,13,18-25H2,1-12H3,(H,41,44);2H2,1H3. The number of hydrogen-bond acceptors (Lipinski definition) is 5. The van der Waals surface area contributed by atoms with Crippen LogP contribution in [0, 0.1) is 33.5 Å². The van der Waals surface area contributed by atoms with Gasteiger partial charge in [0.05, 0.1) is 6.04 Å². The second-order valence-corrected chi connectivity index (χ2v) is 18.9. The van der Waals surface area contributed by atoms with E-state index in [4.69, 9.17) is 0 Å². The van der Waals surface area contributed by atoms with Crippen molar-refractivity contribution in [2.45, 2.75) is 145 Å². The van der Waals surface area contributed by atoms with Gasteiger partial charge in [-0.15, -0.1) is 0 Å². The zero-order valence-electron chi connectivity index (χ0n) is 32.4. The van der Waals surface area contributed by atoms with Gasteiger partial charge in [-0.2, -0.15) is 0 Å². The summed E-state index contributed by atoms with van der Waals surface area (Å²) < 4.78 is 0. The van der Waals surface area contributed by atoms with E-state index in [0.29, 0.717) is 31.0 Å². The van der Waals surface area contributed by atoms with Crippen molar-refractivity contribution < 1.29 is 9.59 Å². The summed E-state index contributed by atoms with van der Waals surface area (Å²) in [6, 6.07) is 8.67. The highest BCUT2D eigenvalue weighted by Gasteiger charge is 2.50. The molecule has 1 aromatic carbocycles. The Kier molecular flexibility index (Phi) is 12.4. The van der Waals surface area contributed by atoms with Gasteiger partial charge >= 0.3 is 0 Å². The molecule has 0 saturated carbocycles. The summed E-state index contributed by atoms with van der Waals surface area (Å²) in [6.07, 6.45) is 5.59. The van der Waals surface area contributed by atoms with Crippen molar-refractivity contribution >= 4 is 17.5 Å². The Bertz CT molecular complexity index is 1220. The zero-order valence-corrected chi connectivity index (χ0v) is 32.4. The van der Waals surface area contributed by atoms with Crippen molar-refractivity contribution in [2.75, 3.05) is 32.0 Å². The van der Waals surface area contributed by atoms with Crippen LogP contribution in [0.5, 0.6) is 0 Å². The number of amides is 2. The molecule has 1 aromatic rings. The smallest absolute Gasteiger partial charge is 0.240 e. The van der Waals surface area contributed by atoms with E-state index in [1.807, 2.05) is 0 Å². The van der Waals surface area contributed by atoms with Crippen LogP contribution in [-0.4, -0.2) is 61.0 Å². The molecule has 7 heteroatoms. The third-order valence-electron chi connectivity index (χ3n) is 11.3. The molecule has 7 nitrogen and oxygen atoms in total. The molecular formula is C40H71N5O2. The molecule has 3 aliphatic heterocycles. The molecule has 5 unspecified atom stereocenters. The Morgan fingerprint density at radius 3 is 2.30 bits per heavy atom. The predicted octanol–water partition coefficient (Wildman–Crippen LogP) is 7.57. The topological polar surface area (TPSA) is 99.5 Å². The molecule has 0 radical (unpaired) electrons. The van der Waals surface area contributed by atoms with E-state index in [9.17, 15) is 9.59 Å². The number of carbonyl (C=O) groups excluding carboxylic acids is 2. The number of fused-ring (bicyclic) bond motifs is 3. The van der Waals surface area contributed by atoms with Gasteiger partial charge in [-0.1, -0.05) is 93.9 Å². The number of anilines is 1. The second kappa shape index (κ2) is 14.8. The number of rotatable bonds is 7. The van der Waals surface area contributed by atoms with E-state index >= 15 is 0 Å². The van der Waals surface area contributed by atoms with Gasteiger partial charge in [0, 0.05) is 48.7 Å². The van der Waals surface area contributed by atoms with E-state index in [1.165, 1.54) is 18.3 Å². The van der Waals surface area contributed by atoms with Crippen LogP contribution in [-0.2, 0) is 9.59 Å². The minimum Gasteiger partial charge on any atom is -0.380 e. The van der Waals surface area contributed by atoms with Crippen LogP contribution in [0.3, 0.4) is 0 Å². The summed E-state index contributed by atoms with van der Waals surface area (Å²) >= 11 is 0. The van der Waals surface area contributed by atoms with Crippen LogP contribution < -0.4 is 21.7 Å². The van der Waals surface area contributed by atoms with Crippen molar-refractivity contribution in [2.24, 2.45) is 39.2 Å². The Hall–Kier alpha value is -2.12. The fraction of sp³-hybridized carbons (Fsp3) is 0.800. The zero-order chi connectivity index (χ0) is 35.6. The summed E-state index contributed by atoms with van der Waals surface area (Å²) in [5, 5.41) is 10.8. The monoisotopic (exact) mass is 654 g/mol. The second-order valence-electron chi connectivity index (χ2n) is 18.9. The number of para-hydroxylation sites is 1. The summed E-state index contributed by atoms with van der Waals surface area (Å²) in [6.45, 7) is 29.5. The molecule has 5 N–H and O–H groups in total. The van der Waals surface area contributed by atoms with Crippen LogP contribution in [0.1, 0.15) is 133 Å². The van der Waals surface area contributed by atoms with Crippen molar-refractivity contribution in [3.63, 3.8) is 0 Å². The molecule has 0 bridgehead atoms. The number of benzene rings is 1. The molecule has 2 amide bonds. The molecule has 3 aliphatic rings. The maximum Gasteiger partial charge on any atom is 0.240 e. The minimum atomic E-state index is -0.419. The minimum absolute atomic E-state index is 0.0482. The molecule has 0 aliphatic carbocycles. The average Bonchev–Trinajstić information content (AvgIpc) is 3.34. The van der Waals surface area contributed by atoms with E-state index in [-0.39, 0.29) is 45.4 Å². The fourth-order valence-electron chi connectivity index (χ4n) is 9.60. The maximum atomic E-state index is 14.7. The van der Waals surface area contributed by atoms with Crippen molar-refractivity contribution in [1.82, 2.24) is 15.5 Å². The molecule has 2 saturated heterocycles. The highest BCUT2D eigenvalue weighted by atomic mass is 16.2. The van der Waals surface area contributed by atoms with Gasteiger partial charge in [0.2, 0.25) is 11.8 Å². The first kappa shape index (κ1) is 39.3. The Labute approximate surface area is 288 Å². The van der Waals surface area contributed by atoms with Crippen molar-refractivity contribution in [3.8, 4) is 0 Å². The van der Waals surface area contributed by atoms with Crippen LogP contribution in [0.25, 0.3) is 0 Å². The molecule has 2 fully saturated rings. The van der Waals surface area contributed by atoms with Gasteiger partial charge in [0.15, 0.2) is 0 Å². The largest absolute Gasteiger partial charge is 0.380 e. The van der Waals surface area contributed by atoms with Gasteiger partial charge in [-0.3, -0.25) is 9.59 Å². The maximum absolute atomic E-state index is 14.7. The Morgan fingerprint density at radius 1 is 1.02 bits per heavy atom. The first-order valence-corrected chi connectivity index (χ1v) is 18.4. The van der Waals surface area contributed by atoms with Gasteiger partial charge in [0.1, 0.15) is 0 Å². The number of hydrogen-bond donors (Lipinski definition) is 4. The molecule has 5 atom stereocenters. The lowest BCUT2D eigenvalue weighted by Crippen LogP contribution is -2.62. The van der Waals surface area contributed by atoms with Gasteiger partial charge in [-0.05, 0) is 92.2 Å². The summed E-state index contributed by atoms with van der Waals surface area (Å²) in [4.78, 5) is 31.1. The third kappa shape index (κ3) is 9.74. The number of nitrogens with zero attached hydrogens (tertiary/aromatic N) is 1.